The van der Waals surface area contributed by atoms with Crippen LogP contribution in [-0.2, 0) is 11.3 Å². The van der Waals surface area contributed by atoms with Crippen LogP contribution in [0.3, 0.4) is 0 Å². The summed E-state index contributed by atoms with van der Waals surface area (Å²) >= 11 is 0. The highest BCUT2D eigenvalue weighted by Crippen LogP contribution is 2.14. The van der Waals surface area contributed by atoms with Crippen LogP contribution in [0.5, 0.6) is 5.88 Å². The van der Waals surface area contributed by atoms with Crippen molar-refractivity contribution in [2.45, 2.75) is 33.8 Å². The van der Waals surface area contributed by atoms with E-state index >= 15 is 0 Å². The lowest BCUT2D eigenvalue weighted by atomic mass is 10.4. The van der Waals surface area contributed by atoms with Crippen molar-refractivity contribution in [1.29, 1.82) is 0 Å². The molecule has 1 N–H and O–H groups in total. The van der Waals surface area contributed by atoms with Crippen molar-refractivity contribution in [1.82, 2.24) is 9.97 Å². The zero-order valence-corrected chi connectivity index (χ0v) is 10.8. The van der Waals surface area contributed by atoms with Gasteiger partial charge in [0, 0.05) is 19.2 Å². The topological polar surface area (TPSA) is 56.3 Å². The highest BCUT2D eigenvalue weighted by Gasteiger charge is 2.05. The standard InChI is InChI=1S/C12H21N3O2/c1-4-7-13-10-8-12(17-6-3)15-11(14-10)9-16-5-2/h8H,4-7,9H2,1-3H3,(H,13,14,15). The van der Waals surface area contributed by atoms with E-state index < -0.39 is 0 Å². The Labute approximate surface area is 103 Å². The largest absolute Gasteiger partial charge is 0.478 e. The van der Waals surface area contributed by atoms with E-state index in [0.29, 0.717) is 31.5 Å². The molecule has 5 nitrogen and oxygen atoms in total. The second kappa shape index (κ2) is 7.84. The molecule has 5 heteroatoms. The summed E-state index contributed by atoms with van der Waals surface area (Å²) in [6, 6.07) is 1.81. The van der Waals surface area contributed by atoms with Gasteiger partial charge in [-0.25, -0.2) is 4.98 Å². The second-order valence-electron chi connectivity index (χ2n) is 3.50. The Morgan fingerprint density at radius 3 is 2.65 bits per heavy atom. The van der Waals surface area contributed by atoms with E-state index in [0.717, 1.165) is 18.8 Å². The molecular weight excluding hydrogens is 218 g/mol. The Bertz CT molecular complexity index is 305. The van der Waals surface area contributed by atoms with E-state index in [9.17, 15) is 0 Å². The van der Waals surface area contributed by atoms with Gasteiger partial charge in [-0.05, 0) is 20.3 Å². The number of anilines is 1. The Morgan fingerprint density at radius 2 is 2.00 bits per heavy atom. The molecular formula is C12H21N3O2. The molecule has 1 aromatic rings. The average molecular weight is 239 g/mol. The van der Waals surface area contributed by atoms with Crippen molar-refractivity contribution in [3.05, 3.63) is 11.9 Å². The van der Waals surface area contributed by atoms with Crippen LogP contribution in [0, 0.1) is 0 Å². The fraction of sp³-hybridized carbons (Fsp3) is 0.667. The Morgan fingerprint density at radius 1 is 1.18 bits per heavy atom. The van der Waals surface area contributed by atoms with Crippen LogP contribution in [0.15, 0.2) is 6.07 Å². The summed E-state index contributed by atoms with van der Waals surface area (Å²) in [5.74, 6) is 2.03. The van der Waals surface area contributed by atoms with Crippen molar-refractivity contribution < 1.29 is 9.47 Å². The first-order chi connectivity index (χ1) is 8.30. The molecule has 0 bridgehead atoms. The van der Waals surface area contributed by atoms with Gasteiger partial charge >= 0.3 is 0 Å². The quantitative estimate of drug-likeness (QED) is 0.754. The number of hydrogen-bond acceptors (Lipinski definition) is 5. The first-order valence-corrected chi connectivity index (χ1v) is 6.12. The maximum Gasteiger partial charge on any atom is 0.218 e. The molecule has 0 saturated heterocycles. The van der Waals surface area contributed by atoms with Crippen LogP contribution in [0.25, 0.3) is 0 Å². The Hall–Kier alpha value is -1.36. The molecule has 96 valence electrons. The number of rotatable bonds is 8. The van der Waals surface area contributed by atoms with E-state index in [1.807, 2.05) is 19.9 Å². The van der Waals surface area contributed by atoms with Crippen LogP contribution in [0.2, 0.25) is 0 Å². The molecule has 1 aromatic heterocycles. The highest BCUT2D eigenvalue weighted by molar-refractivity contribution is 5.38. The van der Waals surface area contributed by atoms with Crippen LogP contribution >= 0.6 is 0 Å². The monoisotopic (exact) mass is 239 g/mol. The van der Waals surface area contributed by atoms with Gasteiger partial charge in [0.15, 0.2) is 5.82 Å². The van der Waals surface area contributed by atoms with E-state index in [1.165, 1.54) is 0 Å². The van der Waals surface area contributed by atoms with Gasteiger partial charge in [-0.15, -0.1) is 0 Å². The molecule has 0 amide bonds. The number of aromatic nitrogens is 2. The van der Waals surface area contributed by atoms with Gasteiger partial charge in [0.1, 0.15) is 12.4 Å². The molecule has 0 spiro atoms. The normalized spacial score (nSPS) is 10.3. The van der Waals surface area contributed by atoms with Crippen LogP contribution in [0.4, 0.5) is 5.82 Å². The van der Waals surface area contributed by atoms with Crippen molar-refractivity contribution in [2.75, 3.05) is 25.1 Å². The summed E-state index contributed by atoms with van der Waals surface area (Å²) in [5.41, 5.74) is 0. The molecule has 0 fully saturated rings. The Balaban J connectivity index is 2.76. The summed E-state index contributed by atoms with van der Waals surface area (Å²) in [6.45, 7) is 8.54. The molecule has 0 aliphatic heterocycles. The summed E-state index contributed by atoms with van der Waals surface area (Å²) in [5, 5.41) is 3.22. The predicted molar refractivity (Wildman–Crippen MR) is 67.3 cm³/mol. The van der Waals surface area contributed by atoms with E-state index in [4.69, 9.17) is 9.47 Å². The molecule has 0 aliphatic rings. The summed E-state index contributed by atoms with van der Waals surface area (Å²) in [6.07, 6.45) is 1.05. The van der Waals surface area contributed by atoms with Gasteiger partial charge in [-0.3, -0.25) is 0 Å². The lowest BCUT2D eigenvalue weighted by molar-refractivity contribution is 0.127. The van der Waals surface area contributed by atoms with Crippen molar-refractivity contribution in [3.8, 4) is 5.88 Å². The van der Waals surface area contributed by atoms with Crippen molar-refractivity contribution >= 4 is 5.82 Å². The third-order valence-electron chi connectivity index (χ3n) is 2.03. The maximum atomic E-state index is 5.40. The van der Waals surface area contributed by atoms with E-state index in [-0.39, 0.29) is 0 Å². The van der Waals surface area contributed by atoms with Crippen molar-refractivity contribution in [2.24, 2.45) is 0 Å². The lowest BCUT2D eigenvalue weighted by Gasteiger charge is -2.09. The molecule has 0 aromatic carbocycles. The van der Waals surface area contributed by atoms with Gasteiger partial charge < -0.3 is 14.8 Å². The number of nitrogens with one attached hydrogen (secondary N) is 1. The smallest absolute Gasteiger partial charge is 0.218 e. The zero-order chi connectivity index (χ0) is 12.5. The maximum absolute atomic E-state index is 5.40. The summed E-state index contributed by atoms with van der Waals surface area (Å²) in [4.78, 5) is 8.63. The van der Waals surface area contributed by atoms with Gasteiger partial charge in [-0.1, -0.05) is 6.92 Å². The molecule has 0 saturated carbocycles. The third-order valence-corrected chi connectivity index (χ3v) is 2.03. The fourth-order valence-electron chi connectivity index (χ4n) is 1.30. The van der Waals surface area contributed by atoms with Gasteiger partial charge in [0.05, 0.1) is 6.61 Å². The lowest BCUT2D eigenvalue weighted by Crippen LogP contribution is -2.08. The average Bonchev–Trinajstić information content (AvgIpc) is 2.34. The van der Waals surface area contributed by atoms with E-state index in [2.05, 4.69) is 22.2 Å². The molecule has 1 rings (SSSR count). The number of nitrogens with zero attached hydrogens (tertiary/aromatic N) is 2. The molecule has 0 atom stereocenters. The molecule has 0 unspecified atom stereocenters. The first-order valence-electron chi connectivity index (χ1n) is 6.12. The molecule has 1 heterocycles. The predicted octanol–water partition coefficient (Wildman–Crippen LogP) is 2.23. The van der Waals surface area contributed by atoms with Gasteiger partial charge in [-0.2, -0.15) is 4.98 Å². The Kier molecular flexibility index (Phi) is 6.32. The SMILES string of the molecule is CCCNc1cc(OCC)nc(COCC)n1. The summed E-state index contributed by atoms with van der Waals surface area (Å²) in [7, 11) is 0. The van der Waals surface area contributed by atoms with E-state index in [1.54, 1.807) is 0 Å². The van der Waals surface area contributed by atoms with Crippen molar-refractivity contribution in [3.63, 3.8) is 0 Å². The minimum absolute atomic E-state index is 0.415. The minimum atomic E-state index is 0.415. The third kappa shape index (κ3) is 4.99. The highest BCUT2D eigenvalue weighted by atomic mass is 16.5. The van der Waals surface area contributed by atoms with Crippen LogP contribution in [-0.4, -0.2) is 29.7 Å². The minimum Gasteiger partial charge on any atom is -0.478 e. The molecule has 0 aliphatic carbocycles. The van der Waals surface area contributed by atoms with Gasteiger partial charge in [0.2, 0.25) is 5.88 Å². The van der Waals surface area contributed by atoms with Crippen LogP contribution < -0.4 is 10.1 Å². The molecule has 0 radical (unpaired) electrons. The summed E-state index contributed by atoms with van der Waals surface area (Å²) < 4.78 is 10.7. The van der Waals surface area contributed by atoms with Crippen LogP contribution in [0.1, 0.15) is 33.0 Å². The first kappa shape index (κ1) is 13.7. The molecule has 17 heavy (non-hydrogen) atoms. The zero-order valence-electron chi connectivity index (χ0n) is 10.8. The van der Waals surface area contributed by atoms with Gasteiger partial charge in [0.25, 0.3) is 0 Å². The number of ether oxygens (including phenoxy) is 2. The fourth-order valence-corrected chi connectivity index (χ4v) is 1.30. The number of hydrogen-bond donors (Lipinski definition) is 1. The second-order valence-corrected chi connectivity index (χ2v) is 3.50.